The van der Waals surface area contributed by atoms with Gasteiger partial charge in [0.25, 0.3) is 0 Å². The summed E-state index contributed by atoms with van der Waals surface area (Å²) >= 11 is 0. The first-order valence-corrected chi connectivity index (χ1v) is 5.74. The molecule has 1 aromatic heterocycles. The molecule has 6 nitrogen and oxygen atoms in total. The van der Waals surface area contributed by atoms with Gasteiger partial charge in [0.15, 0.2) is 5.69 Å². The lowest BCUT2D eigenvalue weighted by Gasteiger charge is -2.17. The highest BCUT2D eigenvalue weighted by Crippen LogP contribution is 2.19. The number of rotatable bonds is 3. The highest BCUT2D eigenvalue weighted by atomic mass is 16.4. The smallest absolute Gasteiger partial charge is 0.356 e. The van der Waals surface area contributed by atoms with E-state index in [1.165, 1.54) is 0 Å². The summed E-state index contributed by atoms with van der Waals surface area (Å²) in [4.78, 5) is 13.2. The number of carboxylic acids is 1. The van der Waals surface area contributed by atoms with Crippen molar-refractivity contribution >= 4 is 5.97 Å². The van der Waals surface area contributed by atoms with E-state index in [1.807, 2.05) is 0 Å². The first kappa shape index (κ1) is 12.1. The van der Waals surface area contributed by atoms with E-state index < -0.39 is 5.97 Å². The Morgan fingerprint density at radius 2 is 2.12 bits per heavy atom. The average molecular weight is 239 g/mol. The van der Waals surface area contributed by atoms with Gasteiger partial charge in [-0.2, -0.15) is 5.10 Å². The number of aromatic nitrogens is 2. The average Bonchev–Trinajstić information content (AvgIpc) is 2.47. The van der Waals surface area contributed by atoms with Crippen LogP contribution in [0.2, 0.25) is 0 Å². The van der Waals surface area contributed by atoms with Gasteiger partial charge in [0.05, 0.1) is 6.61 Å². The minimum absolute atomic E-state index is 0.139. The monoisotopic (exact) mass is 239 g/mol. The zero-order valence-electron chi connectivity index (χ0n) is 9.89. The lowest BCUT2D eigenvalue weighted by atomic mass is 10.1. The number of hydrogen-bond donors (Lipinski definition) is 2. The van der Waals surface area contributed by atoms with E-state index in [0.29, 0.717) is 13.0 Å². The van der Waals surface area contributed by atoms with Crippen molar-refractivity contribution in [2.75, 3.05) is 26.2 Å². The maximum atomic E-state index is 11.1. The molecule has 0 saturated carbocycles. The summed E-state index contributed by atoms with van der Waals surface area (Å²) in [5, 5.41) is 22.1. The topological polar surface area (TPSA) is 78.6 Å². The third-order valence-corrected chi connectivity index (χ3v) is 3.24. The maximum absolute atomic E-state index is 11.1. The van der Waals surface area contributed by atoms with Crippen molar-refractivity contribution in [3.05, 3.63) is 17.0 Å². The molecule has 0 spiro atoms. The van der Waals surface area contributed by atoms with Crippen molar-refractivity contribution in [2.45, 2.75) is 12.8 Å². The second-order valence-corrected chi connectivity index (χ2v) is 4.27. The van der Waals surface area contributed by atoms with Crippen molar-refractivity contribution in [2.24, 2.45) is 7.05 Å². The number of hydrogen-bond acceptors (Lipinski definition) is 4. The van der Waals surface area contributed by atoms with Gasteiger partial charge < -0.3 is 15.1 Å². The fourth-order valence-electron chi connectivity index (χ4n) is 2.36. The van der Waals surface area contributed by atoms with Crippen LogP contribution < -0.4 is 0 Å². The van der Waals surface area contributed by atoms with E-state index in [-0.39, 0.29) is 12.3 Å². The number of aryl methyl sites for hydroxylation is 1. The van der Waals surface area contributed by atoms with Crippen LogP contribution in [0.15, 0.2) is 0 Å². The fraction of sp³-hybridized carbons (Fsp3) is 0.636. The van der Waals surface area contributed by atoms with Crippen LogP contribution in [0.25, 0.3) is 0 Å². The normalized spacial score (nSPS) is 16.6. The van der Waals surface area contributed by atoms with E-state index in [4.69, 9.17) is 10.2 Å². The lowest BCUT2D eigenvalue weighted by molar-refractivity contribution is 0.0688. The number of carbonyl (C=O) groups is 1. The van der Waals surface area contributed by atoms with E-state index >= 15 is 0 Å². The number of aliphatic hydroxyl groups is 1. The molecule has 94 valence electrons. The summed E-state index contributed by atoms with van der Waals surface area (Å²) in [6.07, 6.45) is 1.47. The van der Waals surface area contributed by atoms with Gasteiger partial charge in [0.1, 0.15) is 0 Å². The van der Waals surface area contributed by atoms with Gasteiger partial charge in [-0.25, -0.2) is 4.79 Å². The minimum atomic E-state index is -0.961. The molecule has 1 aliphatic rings. The number of nitrogens with zero attached hydrogens (tertiary/aromatic N) is 3. The SMILES string of the molecule is Cn1nc(C(=O)O)c2c1CCN(CCO)CC2. The zero-order valence-corrected chi connectivity index (χ0v) is 9.89. The maximum Gasteiger partial charge on any atom is 0.356 e. The molecule has 0 bridgehead atoms. The molecule has 6 heteroatoms. The van der Waals surface area contributed by atoms with Crippen LogP contribution in [-0.4, -0.2) is 57.1 Å². The summed E-state index contributed by atoms with van der Waals surface area (Å²) in [5.74, 6) is -0.961. The Bertz CT molecular complexity index is 428. The summed E-state index contributed by atoms with van der Waals surface area (Å²) < 4.78 is 1.67. The van der Waals surface area contributed by atoms with Gasteiger partial charge in [0, 0.05) is 44.4 Å². The second kappa shape index (κ2) is 4.85. The van der Waals surface area contributed by atoms with Crippen molar-refractivity contribution in [1.29, 1.82) is 0 Å². The Morgan fingerprint density at radius 3 is 2.76 bits per heavy atom. The Hall–Kier alpha value is -1.40. The molecule has 2 heterocycles. The number of aromatic carboxylic acids is 1. The predicted molar refractivity (Wildman–Crippen MR) is 61.1 cm³/mol. The van der Waals surface area contributed by atoms with Crippen LogP contribution in [-0.2, 0) is 19.9 Å². The molecule has 0 aromatic carbocycles. The Balaban J connectivity index is 2.25. The van der Waals surface area contributed by atoms with Crippen molar-refractivity contribution in [3.8, 4) is 0 Å². The molecule has 0 radical (unpaired) electrons. The Kier molecular flexibility index (Phi) is 3.44. The third-order valence-electron chi connectivity index (χ3n) is 3.24. The zero-order chi connectivity index (χ0) is 12.4. The molecule has 2 N–H and O–H groups in total. The molecule has 0 atom stereocenters. The fourth-order valence-corrected chi connectivity index (χ4v) is 2.36. The summed E-state index contributed by atoms with van der Waals surface area (Å²) in [5.41, 5.74) is 2.02. The standard InChI is InChI=1S/C11H17N3O3/c1-13-9-3-5-14(6-7-15)4-2-8(9)10(12-13)11(16)17/h15H,2-7H2,1H3,(H,16,17). The number of fused-ring (bicyclic) bond motifs is 1. The highest BCUT2D eigenvalue weighted by Gasteiger charge is 2.24. The van der Waals surface area contributed by atoms with Gasteiger partial charge in [-0.1, -0.05) is 0 Å². The summed E-state index contributed by atoms with van der Waals surface area (Å²) in [6.45, 7) is 2.40. The lowest BCUT2D eigenvalue weighted by Crippen LogP contribution is -2.29. The molecular weight excluding hydrogens is 222 g/mol. The van der Waals surface area contributed by atoms with Gasteiger partial charge in [-0.15, -0.1) is 0 Å². The first-order valence-electron chi connectivity index (χ1n) is 5.74. The predicted octanol–water partition coefficient (Wildman–Crippen LogP) is -0.489. The number of β-amino-alcohol motifs (C(OH)–C–C–N with tert-alkyl or cyclic N) is 1. The van der Waals surface area contributed by atoms with Gasteiger partial charge in [-0.05, 0) is 6.42 Å². The molecule has 2 rings (SSSR count). The van der Waals surface area contributed by atoms with Crippen LogP contribution in [0.5, 0.6) is 0 Å². The van der Waals surface area contributed by atoms with E-state index in [1.54, 1.807) is 11.7 Å². The van der Waals surface area contributed by atoms with E-state index in [0.717, 1.165) is 30.8 Å². The molecule has 0 unspecified atom stereocenters. The third kappa shape index (κ3) is 2.32. The van der Waals surface area contributed by atoms with Crippen LogP contribution in [0.1, 0.15) is 21.7 Å². The first-order chi connectivity index (χ1) is 8.13. The van der Waals surface area contributed by atoms with Gasteiger partial charge >= 0.3 is 5.97 Å². The van der Waals surface area contributed by atoms with E-state index in [9.17, 15) is 4.79 Å². The Labute approximate surface area is 99.5 Å². The number of carboxylic acid groups (broad SMARTS) is 1. The van der Waals surface area contributed by atoms with Crippen molar-refractivity contribution in [3.63, 3.8) is 0 Å². The summed E-state index contributed by atoms with van der Waals surface area (Å²) in [6, 6.07) is 0. The van der Waals surface area contributed by atoms with Crippen molar-refractivity contribution in [1.82, 2.24) is 14.7 Å². The Morgan fingerprint density at radius 1 is 1.41 bits per heavy atom. The molecule has 0 amide bonds. The second-order valence-electron chi connectivity index (χ2n) is 4.27. The van der Waals surface area contributed by atoms with Crippen molar-refractivity contribution < 1.29 is 15.0 Å². The van der Waals surface area contributed by atoms with Crippen LogP contribution in [0.3, 0.4) is 0 Å². The quantitative estimate of drug-likeness (QED) is 0.744. The van der Waals surface area contributed by atoms with Gasteiger partial charge in [-0.3, -0.25) is 4.68 Å². The largest absolute Gasteiger partial charge is 0.476 e. The van der Waals surface area contributed by atoms with Gasteiger partial charge in [0.2, 0.25) is 0 Å². The summed E-state index contributed by atoms with van der Waals surface area (Å²) in [7, 11) is 1.78. The molecule has 17 heavy (non-hydrogen) atoms. The van der Waals surface area contributed by atoms with Crippen LogP contribution in [0.4, 0.5) is 0 Å². The molecule has 1 aliphatic heterocycles. The molecule has 0 aliphatic carbocycles. The van der Waals surface area contributed by atoms with Crippen LogP contribution in [0, 0.1) is 0 Å². The molecular formula is C11H17N3O3. The molecule has 0 saturated heterocycles. The molecule has 0 fully saturated rings. The van der Waals surface area contributed by atoms with E-state index in [2.05, 4.69) is 10.00 Å². The van der Waals surface area contributed by atoms with Crippen LogP contribution >= 0.6 is 0 Å². The molecule has 1 aromatic rings. The highest BCUT2D eigenvalue weighted by molar-refractivity contribution is 5.87. The minimum Gasteiger partial charge on any atom is -0.476 e. The number of aliphatic hydroxyl groups excluding tert-OH is 1.